The number of anilines is 1. The summed E-state index contributed by atoms with van der Waals surface area (Å²) in [6.07, 6.45) is 2.63. The van der Waals surface area contributed by atoms with Gasteiger partial charge in [-0.05, 0) is 49.1 Å². The van der Waals surface area contributed by atoms with Crippen molar-refractivity contribution >= 4 is 33.2 Å². The average molecular weight is 391 g/mol. The fraction of sp³-hybridized carbons (Fsp3) is 0.316. The first-order valence-electron chi connectivity index (χ1n) is 8.68. The van der Waals surface area contributed by atoms with E-state index in [1.54, 1.807) is 17.0 Å². The minimum atomic E-state index is -3.83. The van der Waals surface area contributed by atoms with E-state index in [0.29, 0.717) is 37.3 Å². The quantitative estimate of drug-likeness (QED) is 0.807. The number of nitrogens with zero attached hydrogens (tertiary/aromatic N) is 2. The van der Waals surface area contributed by atoms with Crippen LogP contribution in [0, 0.1) is 0 Å². The van der Waals surface area contributed by atoms with Crippen LogP contribution in [-0.4, -0.2) is 38.9 Å². The molecule has 2 aliphatic heterocycles. The normalized spacial score (nSPS) is 16.8. The molecule has 136 valence electrons. The highest BCUT2D eigenvalue weighted by Gasteiger charge is 2.33. The van der Waals surface area contributed by atoms with Gasteiger partial charge in [-0.2, -0.15) is 0 Å². The molecule has 2 aromatic carbocycles. The lowest BCUT2D eigenvalue weighted by Crippen LogP contribution is -2.30. The molecule has 5 nitrogen and oxygen atoms in total. The third kappa shape index (κ3) is 2.87. The SMILES string of the molecule is O=C(c1ccc(Cl)c(S(=O)(=O)N2CCc3ccccc32)c1)N1CCCC1. The summed E-state index contributed by atoms with van der Waals surface area (Å²) < 4.78 is 27.8. The lowest BCUT2D eigenvalue weighted by molar-refractivity contribution is 0.0792. The number of benzene rings is 2. The van der Waals surface area contributed by atoms with E-state index in [0.717, 1.165) is 18.4 Å². The Kier molecular flexibility index (Phi) is 4.40. The summed E-state index contributed by atoms with van der Waals surface area (Å²) in [5.74, 6) is -0.141. The zero-order valence-electron chi connectivity index (χ0n) is 14.2. The van der Waals surface area contributed by atoms with Crippen molar-refractivity contribution in [3.8, 4) is 0 Å². The van der Waals surface area contributed by atoms with Crippen molar-refractivity contribution in [2.45, 2.75) is 24.2 Å². The summed E-state index contributed by atoms with van der Waals surface area (Å²) in [6.45, 7) is 1.80. The van der Waals surface area contributed by atoms with Gasteiger partial charge in [0, 0.05) is 25.2 Å². The molecule has 0 aromatic heterocycles. The Bertz CT molecular complexity index is 968. The fourth-order valence-corrected chi connectivity index (χ4v) is 5.62. The third-order valence-electron chi connectivity index (χ3n) is 4.98. The fourth-order valence-electron chi connectivity index (χ4n) is 3.61. The van der Waals surface area contributed by atoms with Gasteiger partial charge in [0.05, 0.1) is 10.7 Å². The Morgan fingerprint density at radius 3 is 2.50 bits per heavy atom. The van der Waals surface area contributed by atoms with E-state index in [1.165, 1.54) is 16.4 Å². The Labute approximate surface area is 158 Å². The highest BCUT2D eigenvalue weighted by molar-refractivity contribution is 7.93. The maximum Gasteiger partial charge on any atom is 0.265 e. The monoisotopic (exact) mass is 390 g/mol. The first kappa shape index (κ1) is 17.4. The molecule has 4 rings (SSSR count). The molecule has 0 spiro atoms. The molecule has 7 heteroatoms. The number of halogens is 1. The Morgan fingerprint density at radius 2 is 1.73 bits per heavy atom. The van der Waals surface area contributed by atoms with Crippen molar-refractivity contribution in [3.63, 3.8) is 0 Å². The number of carbonyl (C=O) groups excluding carboxylic acids is 1. The number of rotatable bonds is 3. The molecule has 0 radical (unpaired) electrons. The molecule has 0 unspecified atom stereocenters. The largest absolute Gasteiger partial charge is 0.339 e. The zero-order valence-corrected chi connectivity index (χ0v) is 15.8. The first-order valence-corrected chi connectivity index (χ1v) is 10.5. The van der Waals surface area contributed by atoms with E-state index in [1.807, 2.05) is 18.2 Å². The van der Waals surface area contributed by atoms with Crippen LogP contribution in [0.3, 0.4) is 0 Å². The number of para-hydroxylation sites is 1. The van der Waals surface area contributed by atoms with Crippen LogP contribution in [0.4, 0.5) is 5.69 Å². The van der Waals surface area contributed by atoms with Crippen molar-refractivity contribution in [2.24, 2.45) is 0 Å². The molecule has 2 aliphatic rings. The summed E-state index contributed by atoms with van der Waals surface area (Å²) >= 11 is 6.22. The van der Waals surface area contributed by atoms with Crippen LogP contribution in [0.15, 0.2) is 47.4 Å². The van der Waals surface area contributed by atoms with Crippen LogP contribution in [-0.2, 0) is 16.4 Å². The summed E-state index contributed by atoms with van der Waals surface area (Å²) in [5.41, 5.74) is 2.04. The molecule has 1 fully saturated rings. The summed E-state index contributed by atoms with van der Waals surface area (Å²) in [5, 5.41) is 0.132. The molecule has 1 amide bonds. The molecule has 0 aliphatic carbocycles. The van der Waals surface area contributed by atoms with Crippen molar-refractivity contribution in [1.82, 2.24) is 4.90 Å². The number of hydrogen-bond donors (Lipinski definition) is 0. The van der Waals surface area contributed by atoms with Crippen LogP contribution in [0.25, 0.3) is 0 Å². The first-order chi connectivity index (χ1) is 12.5. The van der Waals surface area contributed by atoms with Crippen molar-refractivity contribution < 1.29 is 13.2 Å². The van der Waals surface area contributed by atoms with Gasteiger partial charge in [-0.3, -0.25) is 9.10 Å². The average Bonchev–Trinajstić information content (AvgIpc) is 3.31. The molecule has 2 aromatic rings. The van der Waals surface area contributed by atoms with E-state index < -0.39 is 10.0 Å². The highest BCUT2D eigenvalue weighted by atomic mass is 35.5. The van der Waals surface area contributed by atoms with E-state index >= 15 is 0 Å². The predicted octanol–water partition coefficient (Wildman–Crippen LogP) is 3.33. The second-order valence-corrected chi connectivity index (χ2v) is 8.84. The zero-order chi connectivity index (χ0) is 18.3. The predicted molar refractivity (Wildman–Crippen MR) is 101 cm³/mol. The van der Waals surface area contributed by atoms with Crippen LogP contribution in [0.2, 0.25) is 5.02 Å². The number of fused-ring (bicyclic) bond motifs is 1. The second kappa shape index (κ2) is 6.59. The lowest BCUT2D eigenvalue weighted by atomic mass is 10.2. The Morgan fingerprint density at radius 1 is 1.00 bits per heavy atom. The summed E-state index contributed by atoms with van der Waals surface area (Å²) in [7, 11) is -3.83. The number of amides is 1. The number of hydrogen-bond acceptors (Lipinski definition) is 3. The number of carbonyl (C=O) groups is 1. The summed E-state index contributed by atoms with van der Waals surface area (Å²) in [4.78, 5) is 14.4. The van der Waals surface area contributed by atoms with Gasteiger partial charge in [0.15, 0.2) is 0 Å². The molecule has 0 atom stereocenters. The van der Waals surface area contributed by atoms with E-state index in [9.17, 15) is 13.2 Å². The Balaban J connectivity index is 1.73. The third-order valence-corrected chi connectivity index (χ3v) is 7.28. The second-order valence-electron chi connectivity index (χ2n) is 6.60. The van der Waals surface area contributed by atoms with Gasteiger partial charge in [0.2, 0.25) is 0 Å². The van der Waals surface area contributed by atoms with Gasteiger partial charge in [0.1, 0.15) is 4.90 Å². The Hall–Kier alpha value is -2.05. The van der Waals surface area contributed by atoms with Crippen LogP contribution < -0.4 is 4.31 Å². The lowest BCUT2D eigenvalue weighted by Gasteiger charge is -2.21. The standard InChI is InChI=1S/C19H19ClN2O3S/c20-16-8-7-15(19(23)21-10-3-4-11-21)13-18(16)26(24,25)22-12-9-14-5-1-2-6-17(14)22/h1-2,5-8,13H,3-4,9-12H2. The number of sulfonamides is 1. The van der Waals surface area contributed by atoms with Gasteiger partial charge in [0.25, 0.3) is 15.9 Å². The van der Waals surface area contributed by atoms with Crippen LogP contribution in [0.5, 0.6) is 0 Å². The molecular weight excluding hydrogens is 372 g/mol. The van der Waals surface area contributed by atoms with E-state index in [2.05, 4.69) is 0 Å². The minimum Gasteiger partial charge on any atom is -0.339 e. The van der Waals surface area contributed by atoms with Gasteiger partial charge in [-0.25, -0.2) is 8.42 Å². The smallest absolute Gasteiger partial charge is 0.265 e. The molecule has 2 heterocycles. The highest BCUT2D eigenvalue weighted by Crippen LogP contribution is 2.35. The van der Waals surface area contributed by atoms with Crippen LogP contribution >= 0.6 is 11.6 Å². The summed E-state index contributed by atoms with van der Waals surface area (Å²) in [6, 6.07) is 12.0. The van der Waals surface area contributed by atoms with E-state index in [-0.39, 0.29) is 15.8 Å². The van der Waals surface area contributed by atoms with Gasteiger partial charge in [-0.15, -0.1) is 0 Å². The molecular formula is C19H19ClN2O3S. The maximum atomic E-state index is 13.2. The molecule has 0 saturated carbocycles. The van der Waals surface area contributed by atoms with Gasteiger partial charge < -0.3 is 4.90 Å². The molecule has 0 bridgehead atoms. The molecule has 26 heavy (non-hydrogen) atoms. The molecule has 1 saturated heterocycles. The number of likely N-dealkylation sites (tertiary alicyclic amines) is 1. The van der Waals surface area contributed by atoms with Gasteiger partial charge in [-0.1, -0.05) is 29.8 Å². The van der Waals surface area contributed by atoms with Crippen molar-refractivity contribution in [2.75, 3.05) is 23.9 Å². The van der Waals surface area contributed by atoms with E-state index in [4.69, 9.17) is 11.6 Å². The van der Waals surface area contributed by atoms with Gasteiger partial charge >= 0.3 is 0 Å². The van der Waals surface area contributed by atoms with Crippen LogP contribution in [0.1, 0.15) is 28.8 Å². The van der Waals surface area contributed by atoms with Crippen molar-refractivity contribution in [3.05, 3.63) is 58.6 Å². The minimum absolute atomic E-state index is 0.0130. The topological polar surface area (TPSA) is 57.7 Å². The maximum absolute atomic E-state index is 13.2. The van der Waals surface area contributed by atoms with Crippen molar-refractivity contribution in [1.29, 1.82) is 0 Å². The molecule has 0 N–H and O–H groups in total.